The lowest BCUT2D eigenvalue weighted by atomic mass is 10.2. The molecule has 23 heavy (non-hydrogen) atoms. The van der Waals surface area contributed by atoms with Crippen LogP contribution in [0.2, 0.25) is 0 Å². The number of nitrogens with one attached hydrogen (secondary N) is 2. The van der Waals surface area contributed by atoms with Crippen LogP contribution < -0.4 is 10.6 Å². The van der Waals surface area contributed by atoms with Crippen LogP contribution in [0.1, 0.15) is 22.5 Å². The van der Waals surface area contributed by atoms with Crippen LogP contribution in [-0.2, 0) is 11.3 Å². The first-order chi connectivity index (χ1) is 11.2. The van der Waals surface area contributed by atoms with E-state index in [1.54, 1.807) is 36.3 Å². The van der Waals surface area contributed by atoms with Gasteiger partial charge in [-0.15, -0.1) is 0 Å². The van der Waals surface area contributed by atoms with E-state index in [2.05, 4.69) is 15.6 Å². The third-order valence-electron chi connectivity index (χ3n) is 3.17. The lowest BCUT2D eigenvalue weighted by molar-refractivity contribution is -0.123. The van der Waals surface area contributed by atoms with Crippen LogP contribution in [0.15, 0.2) is 47.3 Å². The predicted molar refractivity (Wildman–Crippen MR) is 89.0 cm³/mol. The van der Waals surface area contributed by atoms with Crippen molar-refractivity contribution in [3.8, 4) is 0 Å². The summed E-state index contributed by atoms with van der Waals surface area (Å²) in [7, 11) is 0. The van der Waals surface area contributed by atoms with Gasteiger partial charge in [0.15, 0.2) is 5.76 Å². The van der Waals surface area contributed by atoms with Gasteiger partial charge < -0.3 is 15.1 Å². The van der Waals surface area contributed by atoms with Crippen molar-refractivity contribution in [3.63, 3.8) is 0 Å². The molecule has 0 aromatic carbocycles. The maximum atomic E-state index is 12.3. The zero-order chi connectivity index (χ0) is 16.5. The normalized spacial score (nSPS) is 11.7. The zero-order valence-corrected chi connectivity index (χ0v) is 13.6. The quantitative estimate of drug-likeness (QED) is 0.770. The Morgan fingerprint density at radius 2 is 2.22 bits per heavy atom. The highest BCUT2D eigenvalue weighted by Crippen LogP contribution is 2.05. The second-order valence-electron chi connectivity index (χ2n) is 4.86. The van der Waals surface area contributed by atoms with Crippen LogP contribution in [0, 0.1) is 0 Å². The molecule has 0 saturated carbocycles. The number of hydrogen-bond acceptors (Lipinski definition) is 5. The minimum Gasteiger partial charge on any atom is -0.459 e. The molecule has 1 atom stereocenters. The van der Waals surface area contributed by atoms with Gasteiger partial charge in [-0.2, -0.15) is 11.8 Å². The number of carbonyl (C=O) groups excluding carboxylic acids is 2. The van der Waals surface area contributed by atoms with E-state index in [0.29, 0.717) is 13.0 Å². The molecule has 2 rings (SSSR count). The van der Waals surface area contributed by atoms with E-state index >= 15 is 0 Å². The number of thioether (sulfide) groups is 1. The number of pyridine rings is 1. The number of aromatic nitrogens is 1. The number of nitrogens with zero attached hydrogens (tertiary/aromatic N) is 1. The standard InChI is InChI=1S/C16H19N3O3S/c1-23-9-6-13(19-16(21)14-5-3-8-22-14)15(20)18-11-12-4-2-7-17-10-12/h2-5,7-8,10,13H,6,9,11H2,1H3,(H,18,20)(H,19,21). The minimum atomic E-state index is -0.600. The van der Waals surface area contributed by atoms with Crippen LogP contribution >= 0.6 is 11.8 Å². The lowest BCUT2D eigenvalue weighted by Gasteiger charge is -2.17. The molecule has 2 heterocycles. The number of furan rings is 1. The van der Waals surface area contributed by atoms with Crippen molar-refractivity contribution >= 4 is 23.6 Å². The molecule has 7 heteroatoms. The van der Waals surface area contributed by atoms with Crippen LogP contribution in [-0.4, -0.2) is 34.8 Å². The molecule has 2 N–H and O–H groups in total. The first-order valence-electron chi connectivity index (χ1n) is 7.20. The van der Waals surface area contributed by atoms with Crippen LogP contribution in [0.5, 0.6) is 0 Å². The van der Waals surface area contributed by atoms with Gasteiger partial charge in [0.05, 0.1) is 6.26 Å². The molecule has 0 aliphatic carbocycles. The molecular weight excluding hydrogens is 314 g/mol. The SMILES string of the molecule is CSCCC(NC(=O)c1ccco1)C(=O)NCc1cccnc1. The van der Waals surface area contributed by atoms with Crippen LogP contribution in [0.3, 0.4) is 0 Å². The van der Waals surface area contributed by atoms with Crippen molar-refractivity contribution in [2.75, 3.05) is 12.0 Å². The van der Waals surface area contributed by atoms with E-state index < -0.39 is 11.9 Å². The Morgan fingerprint density at radius 3 is 2.87 bits per heavy atom. The summed E-state index contributed by atoms with van der Waals surface area (Å²) in [4.78, 5) is 28.4. The third-order valence-corrected chi connectivity index (χ3v) is 3.81. The van der Waals surface area contributed by atoms with Gasteiger partial charge in [0.2, 0.25) is 5.91 Å². The molecule has 6 nitrogen and oxygen atoms in total. The molecule has 0 aliphatic heterocycles. The van der Waals surface area contributed by atoms with Crippen LogP contribution in [0.4, 0.5) is 0 Å². The van der Waals surface area contributed by atoms with Gasteiger partial charge in [0.1, 0.15) is 6.04 Å². The minimum absolute atomic E-state index is 0.194. The molecule has 0 fully saturated rings. The average Bonchev–Trinajstić information content (AvgIpc) is 3.12. The Morgan fingerprint density at radius 1 is 1.35 bits per heavy atom. The first kappa shape index (κ1) is 17.1. The summed E-state index contributed by atoms with van der Waals surface area (Å²) in [5, 5.41) is 5.54. The highest BCUT2D eigenvalue weighted by Gasteiger charge is 2.21. The molecule has 0 radical (unpaired) electrons. The summed E-state index contributed by atoms with van der Waals surface area (Å²) >= 11 is 1.62. The topological polar surface area (TPSA) is 84.2 Å². The molecule has 2 amide bonds. The van der Waals surface area contributed by atoms with E-state index in [4.69, 9.17) is 4.42 Å². The van der Waals surface area contributed by atoms with Crippen molar-refractivity contribution in [2.45, 2.75) is 19.0 Å². The second kappa shape index (κ2) is 8.99. The van der Waals surface area contributed by atoms with Crippen molar-refractivity contribution < 1.29 is 14.0 Å². The number of amides is 2. The number of hydrogen-bond donors (Lipinski definition) is 2. The molecule has 2 aromatic heterocycles. The molecule has 0 spiro atoms. The van der Waals surface area contributed by atoms with Gasteiger partial charge in [-0.05, 0) is 42.2 Å². The van der Waals surface area contributed by atoms with Crippen molar-refractivity contribution in [1.29, 1.82) is 0 Å². The van der Waals surface area contributed by atoms with Crippen LogP contribution in [0.25, 0.3) is 0 Å². The molecular formula is C16H19N3O3S. The maximum Gasteiger partial charge on any atom is 0.287 e. The largest absolute Gasteiger partial charge is 0.459 e. The zero-order valence-electron chi connectivity index (χ0n) is 12.8. The first-order valence-corrected chi connectivity index (χ1v) is 8.60. The van der Waals surface area contributed by atoms with Crippen molar-refractivity contribution in [3.05, 3.63) is 54.2 Å². The summed E-state index contributed by atoms with van der Waals surface area (Å²) in [6, 6.07) is 6.29. The van der Waals surface area contributed by atoms with E-state index in [0.717, 1.165) is 11.3 Å². The van der Waals surface area contributed by atoms with Gasteiger partial charge in [0.25, 0.3) is 5.91 Å². The smallest absolute Gasteiger partial charge is 0.287 e. The highest BCUT2D eigenvalue weighted by atomic mass is 32.2. The van der Waals surface area contributed by atoms with E-state index in [1.807, 2.05) is 18.4 Å². The van der Waals surface area contributed by atoms with E-state index in [-0.39, 0.29) is 11.7 Å². The fourth-order valence-electron chi connectivity index (χ4n) is 1.96. The number of rotatable bonds is 8. The molecule has 0 bridgehead atoms. The summed E-state index contributed by atoms with van der Waals surface area (Å²) < 4.78 is 5.05. The average molecular weight is 333 g/mol. The van der Waals surface area contributed by atoms with Gasteiger partial charge in [-0.1, -0.05) is 6.07 Å². The summed E-state index contributed by atoms with van der Waals surface area (Å²) in [6.45, 7) is 0.374. The van der Waals surface area contributed by atoms with Gasteiger partial charge >= 0.3 is 0 Å². The molecule has 122 valence electrons. The van der Waals surface area contributed by atoms with E-state index in [1.165, 1.54) is 6.26 Å². The Kier molecular flexibility index (Phi) is 6.68. The Bertz CT molecular complexity index is 617. The predicted octanol–water partition coefficient (Wildman–Crippen LogP) is 1.84. The second-order valence-corrected chi connectivity index (χ2v) is 5.85. The Balaban J connectivity index is 1.93. The van der Waals surface area contributed by atoms with Gasteiger partial charge in [0, 0.05) is 18.9 Å². The summed E-state index contributed by atoms with van der Waals surface area (Å²) in [6.07, 6.45) is 7.30. The fourth-order valence-corrected chi connectivity index (χ4v) is 2.43. The third kappa shape index (κ3) is 5.45. The Labute approximate surface area is 139 Å². The fraction of sp³-hybridized carbons (Fsp3) is 0.312. The van der Waals surface area contributed by atoms with Crippen molar-refractivity contribution in [1.82, 2.24) is 15.6 Å². The molecule has 1 unspecified atom stereocenters. The van der Waals surface area contributed by atoms with Gasteiger partial charge in [-0.25, -0.2) is 0 Å². The molecule has 0 saturated heterocycles. The molecule has 2 aromatic rings. The maximum absolute atomic E-state index is 12.3. The van der Waals surface area contributed by atoms with Gasteiger partial charge in [-0.3, -0.25) is 14.6 Å². The Hall–Kier alpha value is -2.28. The summed E-state index contributed by atoms with van der Waals surface area (Å²) in [5.41, 5.74) is 0.904. The van der Waals surface area contributed by atoms with Crippen molar-refractivity contribution in [2.24, 2.45) is 0 Å². The molecule has 0 aliphatic rings. The lowest BCUT2D eigenvalue weighted by Crippen LogP contribution is -2.46. The van der Waals surface area contributed by atoms with E-state index in [9.17, 15) is 9.59 Å². The number of carbonyl (C=O) groups is 2. The highest BCUT2D eigenvalue weighted by molar-refractivity contribution is 7.98. The summed E-state index contributed by atoms with van der Waals surface area (Å²) in [5.74, 6) is 0.350. The monoisotopic (exact) mass is 333 g/mol.